The number of rotatable bonds is 7. The summed E-state index contributed by atoms with van der Waals surface area (Å²) in [6.45, 7) is 6.28. The summed E-state index contributed by atoms with van der Waals surface area (Å²) in [6, 6.07) is 11.8. The molecule has 2 heterocycles. The van der Waals surface area contributed by atoms with E-state index in [9.17, 15) is 4.79 Å². The molecule has 0 spiro atoms. The van der Waals surface area contributed by atoms with Crippen molar-refractivity contribution < 1.29 is 9.21 Å². The van der Waals surface area contributed by atoms with Gasteiger partial charge in [0.05, 0.1) is 18.6 Å². The van der Waals surface area contributed by atoms with Gasteiger partial charge in [0.1, 0.15) is 11.3 Å². The number of fused-ring (bicyclic) bond motifs is 1. The second kappa shape index (κ2) is 7.53. The zero-order valence-electron chi connectivity index (χ0n) is 14.8. The van der Waals surface area contributed by atoms with Crippen LogP contribution < -0.4 is 10.6 Å². The predicted octanol–water partition coefficient (Wildman–Crippen LogP) is 3.05. The summed E-state index contributed by atoms with van der Waals surface area (Å²) in [5.74, 6) is 0.694. The molecule has 0 bridgehead atoms. The van der Waals surface area contributed by atoms with Gasteiger partial charge in [-0.05, 0) is 39.0 Å². The minimum atomic E-state index is -0.180. The van der Waals surface area contributed by atoms with Crippen LogP contribution in [-0.2, 0) is 4.79 Å². The van der Waals surface area contributed by atoms with E-state index in [2.05, 4.69) is 22.7 Å². The molecule has 3 atom stereocenters. The van der Waals surface area contributed by atoms with Crippen LogP contribution in [0.5, 0.6) is 0 Å². The summed E-state index contributed by atoms with van der Waals surface area (Å²) >= 11 is 0. The first-order chi connectivity index (χ1) is 12.0. The van der Waals surface area contributed by atoms with Crippen molar-refractivity contribution in [2.75, 3.05) is 6.54 Å². The van der Waals surface area contributed by atoms with Crippen molar-refractivity contribution in [3.63, 3.8) is 0 Å². The number of carbonyl (C=O) groups is 1. The zero-order valence-corrected chi connectivity index (χ0v) is 14.8. The molecule has 0 saturated heterocycles. The summed E-state index contributed by atoms with van der Waals surface area (Å²) in [4.78, 5) is 12.2. The number of para-hydroxylation sites is 1. The van der Waals surface area contributed by atoms with Crippen molar-refractivity contribution in [3.8, 4) is 0 Å². The van der Waals surface area contributed by atoms with Crippen LogP contribution in [0, 0.1) is 0 Å². The van der Waals surface area contributed by atoms with Crippen molar-refractivity contribution in [1.82, 2.24) is 20.4 Å². The lowest BCUT2D eigenvalue weighted by atomic mass is 10.1. The SMILES string of the molecule is C[C@H](NC(=O)CN[C@H](C)[C@@H](C)n1cccn1)c1cc2ccccc2o1. The molecule has 0 aliphatic carbocycles. The lowest BCUT2D eigenvalue weighted by molar-refractivity contribution is -0.121. The van der Waals surface area contributed by atoms with Crippen molar-refractivity contribution in [2.24, 2.45) is 0 Å². The fraction of sp³-hybridized carbons (Fsp3) is 0.368. The molecule has 3 aromatic rings. The Hall–Kier alpha value is -2.60. The maximum atomic E-state index is 12.2. The van der Waals surface area contributed by atoms with E-state index in [4.69, 9.17) is 4.42 Å². The fourth-order valence-corrected chi connectivity index (χ4v) is 2.75. The van der Waals surface area contributed by atoms with Crippen molar-refractivity contribution in [1.29, 1.82) is 0 Å². The minimum Gasteiger partial charge on any atom is -0.459 e. The molecular formula is C19H24N4O2. The van der Waals surface area contributed by atoms with Gasteiger partial charge in [-0.2, -0.15) is 5.10 Å². The summed E-state index contributed by atoms with van der Waals surface area (Å²) in [5, 5.41) is 11.5. The van der Waals surface area contributed by atoms with E-state index in [1.165, 1.54) is 0 Å². The Bertz CT molecular complexity index is 792. The average Bonchev–Trinajstić information content (AvgIpc) is 3.28. The van der Waals surface area contributed by atoms with E-state index in [0.29, 0.717) is 0 Å². The Kier molecular flexibility index (Phi) is 5.19. The highest BCUT2D eigenvalue weighted by atomic mass is 16.3. The maximum absolute atomic E-state index is 12.2. The van der Waals surface area contributed by atoms with Crippen LogP contribution in [0.3, 0.4) is 0 Å². The molecule has 2 N–H and O–H groups in total. The number of hydrogen-bond donors (Lipinski definition) is 2. The van der Waals surface area contributed by atoms with Crippen LogP contribution in [0.15, 0.2) is 53.2 Å². The summed E-state index contributed by atoms with van der Waals surface area (Å²) in [6.07, 6.45) is 3.68. The number of hydrogen-bond acceptors (Lipinski definition) is 4. The lowest BCUT2D eigenvalue weighted by Gasteiger charge is -2.22. The van der Waals surface area contributed by atoms with Crippen molar-refractivity contribution in [2.45, 2.75) is 38.9 Å². The topological polar surface area (TPSA) is 72.1 Å². The van der Waals surface area contributed by atoms with Gasteiger partial charge < -0.3 is 15.1 Å². The first-order valence-corrected chi connectivity index (χ1v) is 8.55. The van der Waals surface area contributed by atoms with E-state index in [1.807, 2.05) is 61.1 Å². The monoisotopic (exact) mass is 340 g/mol. The third kappa shape index (κ3) is 4.09. The van der Waals surface area contributed by atoms with Gasteiger partial charge >= 0.3 is 0 Å². The molecule has 1 aromatic carbocycles. The third-order valence-corrected chi connectivity index (χ3v) is 4.50. The Morgan fingerprint density at radius 2 is 2.04 bits per heavy atom. The molecule has 1 amide bonds. The standard InChI is InChI=1S/C19H24N4O2/c1-13(15(3)23-10-6-9-21-23)20-12-19(24)22-14(2)18-11-16-7-4-5-8-17(16)25-18/h4-11,13-15,20H,12H2,1-3H3,(H,22,24)/t13-,14+,15-/m1/s1. The molecular weight excluding hydrogens is 316 g/mol. The molecule has 2 aromatic heterocycles. The van der Waals surface area contributed by atoms with E-state index in [1.54, 1.807) is 6.20 Å². The number of aromatic nitrogens is 2. The molecule has 132 valence electrons. The molecule has 0 fully saturated rings. The second-order valence-corrected chi connectivity index (χ2v) is 6.37. The zero-order chi connectivity index (χ0) is 17.8. The molecule has 6 heteroatoms. The van der Waals surface area contributed by atoms with Gasteiger partial charge in [-0.3, -0.25) is 9.48 Å². The highest BCUT2D eigenvalue weighted by Gasteiger charge is 2.17. The van der Waals surface area contributed by atoms with Gasteiger partial charge in [0.15, 0.2) is 0 Å². The molecule has 0 unspecified atom stereocenters. The van der Waals surface area contributed by atoms with Crippen molar-refractivity contribution in [3.05, 3.63) is 54.6 Å². The van der Waals surface area contributed by atoms with E-state index in [0.717, 1.165) is 16.7 Å². The quantitative estimate of drug-likeness (QED) is 0.693. The number of nitrogens with zero attached hydrogens (tertiary/aromatic N) is 2. The van der Waals surface area contributed by atoms with E-state index < -0.39 is 0 Å². The largest absolute Gasteiger partial charge is 0.459 e. The number of amides is 1. The number of nitrogens with one attached hydrogen (secondary N) is 2. The fourth-order valence-electron chi connectivity index (χ4n) is 2.75. The maximum Gasteiger partial charge on any atom is 0.234 e. The van der Waals surface area contributed by atoms with Crippen LogP contribution in [0.1, 0.15) is 38.6 Å². The first-order valence-electron chi connectivity index (χ1n) is 8.55. The second-order valence-electron chi connectivity index (χ2n) is 6.37. The predicted molar refractivity (Wildman–Crippen MR) is 97.2 cm³/mol. The first kappa shape index (κ1) is 17.2. The van der Waals surface area contributed by atoms with Gasteiger partial charge in [0.25, 0.3) is 0 Å². The lowest BCUT2D eigenvalue weighted by Crippen LogP contribution is -2.41. The van der Waals surface area contributed by atoms with Crippen molar-refractivity contribution >= 4 is 16.9 Å². The number of carbonyl (C=O) groups excluding carboxylic acids is 1. The molecule has 0 saturated carbocycles. The Morgan fingerprint density at radius 1 is 1.24 bits per heavy atom. The Labute approximate surface area is 147 Å². The summed E-state index contributed by atoms with van der Waals surface area (Å²) < 4.78 is 7.68. The summed E-state index contributed by atoms with van der Waals surface area (Å²) in [5.41, 5.74) is 0.832. The highest BCUT2D eigenvalue weighted by molar-refractivity contribution is 5.80. The number of furan rings is 1. The van der Waals surface area contributed by atoms with E-state index in [-0.39, 0.29) is 30.6 Å². The van der Waals surface area contributed by atoms with Crippen LogP contribution >= 0.6 is 0 Å². The van der Waals surface area contributed by atoms with Crippen LogP contribution in [0.2, 0.25) is 0 Å². The minimum absolute atomic E-state index is 0.0625. The van der Waals surface area contributed by atoms with Crippen LogP contribution in [-0.4, -0.2) is 28.3 Å². The van der Waals surface area contributed by atoms with Gasteiger partial charge in [-0.1, -0.05) is 18.2 Å². The smallest absolute Gasteiger partial charge is 0.234 e. The normalized spacial score (nSPS) is 15.0. The molecule has 3 rings (SSSR count). The summed E-state index contributed by atoms with van der Waals surface area (Å²) in [7, 11) is 0. The Balaban J connectivity index is 1.51. The highest BCUT2D eigenvalue weighted by Crippen LogP contribution is 2.23. The number of benzene rings is 1. The van der Waals surface area contributed by atoms with Gasteiger partial charge in [-0.15, -0.1) is 0 Å². The molecule has 25 heavy (non-hydrogen) atoms. The van der Waals surface area contributed by atoms with Crippen LogP contribution in [0.4, 0.5) is 0 Å². The van der Waals surface area contributed by atoms with Gasteiger partial charge in [0, 0.05) is 23.8 Å². The van der Waals surface area contributed by atoms with Gasteiger partial charge in [0.2, 0.25) is 5.91 Å². The van der Waals surface area contributed by atoms with Crippen LogP contribution in [0.25, 0.3) is 11.0 Å². The molecule has 0 aliphatic heterocycles. The van der Waals surface area contributed by atoms with Gasteiger partial charge in [-0.25, -0.2) is 0 Å². The average molecular weight is 340 g/mol. The molecule has 0 aliphatic rings. The van der Waals surface area contributed by atoms with E-state index >= 15 is 0 Å². The molecule has 6 nitrogen and oxygen atoms in total. The molecule has 0 radical (unpaired) electrons. The Morgan fingerprint density at radius 3 is 2.76 bits per heavy atom. The third-order valence-electron chi connectivity index (χ3n) is 4.50.